The molecule has 5 atom stereocenters. The quantitative estimate of drug-likeness (QED) is 0.735. The zero-order chi connectivity index (χ0) is 18.0. The SMILES string of the molecule is O=C(O)c1ccc2c(c1)[C@H]1[C@H]3CC[C@H](C3)[C@@H]1[C@H](c1c(F)cccc1Cl)N2. The molecule has 2 N–H and O–H groups in total. The summed E-state index contributed by atoms with van der Waals surface area (Å²) < 4.78 is 14.7. The third-order valence-electron chi connectivity index (χ3n) is 6.64. The van der Waals surface area contributed by atoms with Crippen molar-refractivity contribution in [1.82, 2.24) is 0 Å². The molecular formula is C21H19ClFNO2. The third-order valence-corrected chi connectivity index (χ3v) is 6.97. The van der Waals surface area contributed by atoms with E-state index in [1.807, 2.05) is 12.1 Å². The number of carbonyl (C=O) groups is 1. The average Bonchev–Trinajstić information content (AvgIpc) is 3.23. The molecule has 26 heavy (non-hydrogen) atoms. The molecule has 1 aliphatic heterocycles. The van der Waals surface area contributed by atoms with Crippen LogP contribution in [0.4, 0.5) is 10.1 Å². The summed E-state index contributed by atoms with van der Waals surface area (Å²) >= 11 is 6.39. The van der Waals surface area contributed by atoms with Crippen molar-refractivity contribution in [3.8, 4) is 0 Å². The van der Waals surface area contributed by atoms with E-state index in [4.69, 9.17) is 11.6 Å². The number of carboxylic acids is 1. The number of halogens is 2. The first-order valence-electron chi connectivity index (χ1n) is 9.12. The van der Waals surface area contributed by atoms with Gasteiger partial charge in [0.2, 0.25) is 0 Å². The van der Waals surface area contributed by atoms with Gasteiger partial charge >= 0.3 is 5.97 Å². The van der Waals surface area contributed by atoms with Crippen LogP contribution in [0.25, 0.3) is 0 Å². The lowest BCUT2D eigenvalue weighted by Gasteiger charge is -2.43. The number of benzene rings is 2. The van der Waals surface area contributed by atoms with Crippen molar-refractivity contribution in [1.29, 1.82) is 0 Å². The molecular weight excluding hydrogens is 353 g/mol. The molecule has 5 rings (SSSR count). The lowest BCUT2D eigenvalue weighted by Crippen LogP contribution is -2.36. The second-order valence-electron chi connectivity index (χ2n) is 7.80. The van der Waals surface area contributed by atoms with Gasteiger partial charge in [-0.2, -0.15) is 0 Å². The normalized spacial score (nSPS) is 31.2. The van der Waals surface area contributed by atoms with Gasteiger partial charge in [-0.3, -0.25) is 0 Å². The Morgan fingerprint density at radius 3 is 2.77 bits per heavy atom. The highest BCUT2D eigenvalue weighted by atomic mass is 35.5. The molecule has 3 aliphatic rings. The number of rotatable bonds is 2. The molecule has 0 aromatic heterocycles. The zero-order valence-corrected chi connectivity index (χ0v) is 14.8. The number of hydrogen-bond donors (Lipinski definition) is 2. The highest BCUT2D eigenvalue weighted by Gasteiger charge is 2.54. The lowest BCUT2D eigenvalue weighted by molar-refractivity contribution is 0.0696. The molecule has 2 fully saturated rings. The molecule has 3 nitrogen and oxygen atoms in total. The van der Waals surface area contributed by atoms with E-state index >= 15 is 0 Å². The molecule has 134 valence electrons. The molecule has 0 spiro atoms. The van der Waals surface area contributed by atoms with Crippen LogP contribution >= 0.6 is 11.6 Å². The smallest absolute Gasteiger partial charge is 0.335 e. The van der Waals surface area contributed by atoms with E-state index in [0.717, 1.165) is 24.1 Å². The van der Waals surface area contributed by atoms with Crippen LogP contribution in [-0.2, 0) is 0 Å². The minimum atomic E-state index is -0.910. The van der Waals surface area contributed by atoms with Gasteiger partial charge in [0.25, 0.3) is 0 Å². The molecule has 0 unspecified atom stereocenters. The van der Waals surface area contributed by atoms with Crippen molar-refractivity contribution in [2.24, 2.45) is 17.8 Å². The first-order valence-corrected chi connectivity index (χ1v) is 9.50. The maximum Gasteiger partial charge on any atom is 0.335 e. The first-order chi connectivity index (χ1) is 12.5. The lowest BCUT2D eigenvalue weighted by atomic mass is 9.68. The van der Waals surface area contributed by atoms with E-state index in [0.29, 0.717) is 28.0 Å². The summed E-state index contributed by atoms with van der Waals surface area (Å²) in [5.74, 6) is 0.404. The molecule has 2 aromatic rings. The predicted octanol–water partition coefficient (Wildman–Crippen LogP) is 5.47. The van der Waals surface area contributed by atoms with Crippen LogP contribution in [0.3, 0.4) is 0 Å². The van der Waals surface area contributed by atoms with Gasteiger partial charge in [-0.05, 0) is 78.8 Å². The van der Waals surface area contributed by atoms with Crippen molar-refractivity contribution in [2.45, 2.75) is 31.2 Å². The molecule has 2 aliphatic carbocycles. The number of aromatic carboxylic acids is 1. The van der Waals surface area contributed by atoms with Crippen molar-refractivity contribution in [2.75, 3.05) is 5.32 Å². The third kappa shape index (κ3) is 2.21. The second-order valence-corrected chi connectivity index (χ2v) is 8.21. The molecule has 5 heteroatoms. The number of fused-ring (bicyclic) bond motifs is 7. The fourth-order valence-electron chi connectivity index (χ4n) is 5.72. The molecule has 2 aromatic carbocycles. The van der Waals surface area contributed by atoms with Crippen LogP contribution in [0, 0.1) is 23.6 Å². The highest BCUT2D eigenvalue weighted by molar-refractivity contribution is 6.31. The monoisotopic (exact) mass is 371 g/mol. The maximum absolute atomic E-state index is 14.7. The Labute approximate surface area is 156 Å². The van der Waals surface area contributed by atoms with Crippen molar-refractivity contribution in [3.63, 3.8) is 0 Å². The Morgan fingerprint density at radius 2 is 2.00 bits per heavy atom. The Hall–Kier alpha value is -2.07. The molecule has 0 saturated heterocycles. The maximum atomic E-state index is 14.7. The predicted molar refractivity (Wildman–Crippen MR) is 98.2 cm³/mol. The van der Waals surface area contributed by atoms with Crippen LogP contribution in [0.5, 0.6) is 0 Å². The average molecular weight is 372 g/mol. The van der Waals surface area contributed by atoms with Crippen molar-refractivity contribution in [3.05, 3.63) is 63.9 Å². The summed E-state index contributed by atoms with van der Waals surface area (Å²) in [4.78, 5) is 11.4. The van der Waals surface area contributed by atoms with Gasteiger partial charge in [0.05, 0.1) is 11.6 Å². The van der Waals surface area contributed by atoms with Crippen LogP contribution < -0.4 is 5.32 Å². The zero-order valence-electron chi connectivity index (χ0n) is 14.1. The van der Waals surface area contributed by atoms with Gasteiger partial charge in [0.1, 0.15) is 5.82 Å². The number of hydrogen-bond acceptors (Lipinski definition) is 2. The number of anilines is 1. The topological polar surface area (TPSA) is 49.3 Å². The fourth-order valence-corrected chi connectivity index (χ4v) is 6.00. The summed E-state index contributed by atoms with van der Waals surface area (Å²) in [6, 6.07) is 9.91. The summed E-state index contributed by atoms with van der Waals surface area (Å²) in [5, 5.41) is 13.3. The molecule has 2 bridgehead atoms. The van der Waals surface area contributed by atoms with Crippen molar-refractivity contribution >= 4 is 23.3 Å². The van der Waals surface area contributed by atoms with Crippen LogP contribution in [0.2, 0.25) is 5.02 Å². The van der Waals surface area contributed by atoms with Gasteiger partial charge in [0.15, 0.2) is 0 Å². The van der Waals surface area contributed by atoms with Crippen LogP contribution in [0.1, 0.15) is 52.7 Å². The Balaban J connectivity index is 1.67. The van der Waals surface area contributed by atoms with Gasteiger partial charge in [-0.25, -0.2) is 9.18 Å². The fraction of sp³-hybridized carbons (Fsp3) is 0.381. The van der Waals surface area contributed by atoms with E-state index in [-0.39, 0.29) is 23.7 Å². The summed E-state index contributed by atoms with van der Waals surface area (Å²) in [5.41, 5.74) is 2.85. The second kappa shape index (κ2) is 5.71. The van der Waals surface area contributed by atoms with E-state index in [1.165, 1.54) is 12.5 Å². The Morgan fingerprint density at radius 1 is 1.19 bits per heavy atom. The van der Waals surface area contributed by atoms with Crippen LogP contribution in [0.15, 0.2) is 36.4 Å². The van der Waals surface area contributed by atoms with E-state index in [1.54, 1.807) is 18.2 Å². The molecule has 2 saturated carbocycles. The highest BCUT2D eigenvalue weighted by Crippen LogP contribution is 2.64. The first kappa shape index (κ1) is 16.1. The van der Waals surface area contributed by atoms with E-state index in [2.05, 4.69) is 5.32 Å². The molecule has 0 radical (unpaired) electrons. The molecule has 0 amide bonds. The standard InChI is InChI=1S/C21H19ClFNO2/c22-14-2-1-3-15(23)19(14)20-18-11-5-4-10(8-11)17(18)13-9-12(21(25)26)6-7-16(13)24-20/h1-3,6-7,9-11,17-18,20,24H,4-5,8H2,(H,25,26)/t10-,11+,17+,18-,20+/m0/s1. The van der Waals surface area contributed by atoms with Gasteiger partial charge < -0.3 is 10.4 Å². The van der Waals surface area contributed by atoms with Crippen molar-refractivity contribution < 1.29 is 14.3 Å². The minimum Gasteiger partial charge on any atom is -0.478 e. The van der Waals surface area contributed by atoms with E-state index in [9.17, 15) is 14.3 Å². The summed E-state index contributed by atoms with van der Waals surface area (Å²) in [7, 11) is 0. The Kier molecular flexibility index (Phi) is 3.54. The molecule has 1 heterocycles. The summed E-state index contributed by atoms with van der Waals surface area (Å²) in [6.45, 7) is 0. The number of carboxylic acid groups (broad SMARTS) is 1. The van der Waals surface area contributed by atoms with Gasteiger partial charge in [0, 0.05) is 16.3 Å². The van der Waals surface area contributed by atoms with E-state index < -0.39 is 5.97 Å². The van der Waals surface area contributed by atoms with Gasteiger partial charge in [-0.1, -0.05) is 17.7 Å². The largest absolute Gasteiger partial charge is 0.478 e. The van der Waals surface area contributed by atoms with Gasteiger partial charge in [-0.15, -0.1) is 0 Å². The van der Waals surface area contributed by atoms with Crippen LogP contribution in [-0.4, -0.2) is 11.1 Å². The summed E-state index contributed by atoms with van der Waals surface area (Å²) in [6.07, 6.45) is 3.46. The number of nitrogens with one attached hydrogen (secondary N) is 1. The minimum absolute atomic E-state index is 0.174. The Bertz CT molecular complexity index is 895.